The Morgan fingerprint density at radius 3 is 2.87 bits per heavy atom. The van der Waals surface area contributed by atoms with Gasteiger partial charge in [-0.3, -0.25) is 0 Å². The average Bonchev–Trinajstić information content (AvgIpc) is 3.03. The zero-order chi connectivity index (χ0) is 10.5. The molecule has 2 rings (SSSR count). The fourth-order valence-electron chi connectivity index (χ4n) is 2.44. The Bertz CT molecular complexity index is 182. The van der Waals surface area contributed by atoms with Crippen molar-refractivity contribution in [2.24, 2.45) is 5.92 Å². The van der Waals surface area contributed by atoms with Crippen molar-refractivity contribution in [3.8, 4) is 0 Å². The molecule has 0 spiro atoms. The van der Waals surface area contributed by atoms with Gasteiger partial charge in [-0.25, -0.2) is 0 Å². The Kier molecular flexibility index (Phi) is 4.42. The summed E-state index contributed by atoms with van der Waals surface area (Å²) in [6, 6.07) is 0.670. The van der Waals surface area contributed by atoms with Gasteiger partial charge in [0.2, 0.25) is 0 Å². The van der Waals surface area contributed by atoms with Crippen molar-refractivity contribution in [1.29, 1.82) is 0 Å². The van der Waals surface area contributed by atoms with E-state index in [9.17, 15) is 0 Å². The summed E-state index contributed by atoms with van der Waals surface area (Å²) in [7, 11) is 0. The lowest BCUT2D eigenvalue weighted by Crippen LogP contribution is -2.46. The second-order valence-corrected chi connectivity index (χ2v) is 5.07. The molecule has 1 heterocycles. The van der Waals surface area contributed by atoms with Crippen LogP contribution in [-0.4, -0.2) is 48.8 Å². The Morgan fingerprint density at radius 2 is 2.13 bits per heavy atom. The summed E-state index contributed by atoms with van der Waals surface area (Å²) < 4.78 is 0. The number of aliphatic hydroxyl groups is 1. The second-order valence-electron chi connectivity index (χ2n) is 5.07. The van der Waals surface area contributed by atoms with E-state index >= 15 is 0 Å². The van der Waals surface area contributed by atoms with Crippen LogP contribution in [0.4, 0.5) is 0 Å². The van der Waals surface area contributed by atoms with E-state index in [1.54, 1.807) is 0 Å². The quantitative estimate of drug-likeness (QED) is 0.640. The van der Waals surface area contributed by atoms with Crippen LogP contribution in [-0.2, 0) is 0 Å². The van der Waals surface area contributed by atoms with Crippen molar-refractivity contribution in [2.75, 3.05) is 32.8 Å². The zero-order valence-corrected chi connectivity index (χ0v) is 9.62. The molecule has 1 unspecified atom stereocenters. The van der Waals surface area contributed by atoms with Crippen molar-refractivity contribution in [1.82, 2.24) is 10.2 Å². The highest BCUT2D eigenvalue weighted by Gasteiger charge is 2.27. The maximum Gasteiger partial charge on any atom is 0.0443 e. The first kappa shape index (κ1) is 11.4. The summed E-state index contributed by atoms with van der Waals surface area (Å²) in [5, 5.41) is 12.3. The Hall–Kier alpha value is -0.120. The molecule has 0 radical (unpaired) electrons. The molecule has 88 valence electrons. The van der Waals surface area contributed by atoms with Crippen molar-refractivity contribution >= 4 is 0 Å². The lowest BCUT2D eigenvalue weighted by molar-refractivity contribution is 0.181. The predicted octanol–water partition coefficient (Wildman–Crippen LogP) is 0.833. The van der Waals surface area contributed by atoms with Gasteiger partial charge < -0.3 is 15.3 Å². The first-order valence-electron chi connectivity index (χ1n) is 6.45. The average molecular weight is 212 g/mol. The molecule has 0 aromatic carbocycles. The molecule has 1 aliphatic carbocycles. The highest BCUT2D eigenvalue weighted by Crippen LogP contribution is 2.30. The SMILES string of the molecule is OCCCNC1CCCN(CC2CC2)C1. The van der Waals surface area contributed by atoms with Crippen LogP contribution in [0, 0.1) is 5.92 Å². The molecule has 0 aromatic heterocycles. The van der Waals surface area contributed by atoms with Gasteiger partial charge in [0.15, 0.2) is 0 Å². The van der Waals surface area contributed by atoms with Crippen LogP contribution < -0.4 is 5.32 Å². The number of aliphatic hydroxyl groups excluding tert-OH is 1. The molecule has 2 aliphatic rings. The van der Waals surface area contributed by atoms with Gasteiger partial charge in [-0.2, -0.15) is 0 Å². The molecule has 0 amide bonds. The number of likely N-dealkylation sites (tertiary alicyclic amines) is 1. The minimum atomic E-state index is 0.311. The standard InChI is InChI=1S/C12H24N2O/c15-8-2-6-13-12-3-1-7-14(10-12)9-11-4-5-11/h11-13,15H,1-10H2. The van der Waals surface area contributed by atoms with Crippen LogP contribution in [0.5, 0.6) is 0 Å². The number of nitrogens with zero attached hydrogens (tertiary/aromatic N) is 1. The summed E-state index contributed by atoms with van der Waals surface area (Å²) in [5.74, 6) is 1.01. The van der Waals surface area contributed by atoms with Crippen LogP contribution in [0.2, 0.25) is 0 Å². The van der Waals surface area contributed by atoms with E-state index in [-0.39, 0.29) is 0 Å². The zero-order valence-electron chi connectivity index (χ0n) is 9.62. The van der Waals surface area contributed by atoms with E-state index in [0.29, 0.717) is 12.6 Å². The van der Waals surface area contributed by atoms with Gasteiger partial charge in [-0.05, 0) is 51.1 Å². The molecule has 2 fully saturated rings. The summed E-state index contributed by atoms with van der Waals surface area (Å²) >= 11 is 0. The molecule has 15 heavy (non-hydrogen) atoms. The van der Waals surface area contributed by atoms with Crippen LogP contribution in [0.25, 0.3) is 0 Å². The molecule has 1 saturated heterocycles. The lowest BCUT2D eigenvalue weighted by atomic mass is 10.1. The maximum atomic E-state index is 8.72. The fourth-order valence-corrected chi connectivity index (χ4v) is 2.44. The monoisotopic (exact) mass is 212 g/mol. The molecule has 0 bridgehead atoms. The first-order valence-corrected chi connectivity index (χ1v) is 6.45. The normalized spacial score (nSPS) is 28.2. The molecular weight excluding hydrogens is 188 g/mol. The van der Waals surface area contributed by atoms with Gasteiger partial charge in [0.05, 0.1) is 0 Å². The fraction of sp³-hybridized carbons (Fsp3) is 1.00. The van der Waals surface area contributed by atoms with E-state index in [2.05, 4.69) is 10.2 Å². The minimum absolute atomic E-state index is 0.311. The number of nitrogens with one attached hydrogen (secondary N) is 1. The molecule has 1 aliphatic heterocycles. The molecule has 3 nitrogen and oxygen atoms in total. The molecular formula is C12H24N2O. The lowest BCUT2D eigenvalue weighted by Gasteiger charge is -2.33. The third-order valence-corrected chi connectivity index (χ3v) is 3.49. The smallest absolute Gasteiger partial charge is 0.0443 e. The van der Waals surface area contributed by atoms with Crippen molar-refractivity contribution in [2.45, 2.75) is 38.1 Å². The van der Waals surface area contributed by atoms with Crippen molar-refractivity contribution < 1.29 is 5.11 Å². The summed E-state index contributed by atoms with van der Waals surface area (Å²) in [5.41, 5.74) is 0. The van der Waals surface area contributed by atoms with E-state index in [0.717, 1.165) is 18.9 Å². The highest BCUT2D eigenvalue weighted by atomic mass is 16.3. The van der Waals surface area contributed by atoms with Gasteiger partial charge in [-0.15, -0.1) is 0 Å². The third-order valence-electron chi connectivity index (χ3n) is 3.49. The Balaban J connectivity index is 1.62. The topological polar surface area (TPSA) is 35.5 Å². The molecule has 1 atom stereocenters. The van der Waals surface area contributed by atoms with E-state index < -0.39 is 0 Å². The number of rotatable bonds is 6. The van der Waals surface area contributed by atoms with E-state index in [1.165, 1.54) is 45.3 Å². The number of hydrogen-bond donors (Lipinski definition) is 2. The van der Waals surface area contributed by atoms with Crippen LogP contribution in [0.1, 0.15) is 32.1 Å². The number of hydrogen-bond acceptors (Lipinski definition) is 3. The van der Waals surface area contributed by atoms with Crippen molar-refractivity contribution in [3.05, 3.63) is 0 Å². The number of piperidine rings is 1. The molecule has 0 aromatic rings. The Morgan fingerprint density at radius 1 is 1.27 bits per heavy atom. The van der Waals surface area contributed by atoms with E-state index in [4.69, 9.17) is 5.11 Å². The molecule has 2 N–H and O–H groups in total. The van der Waals surface area contributed by atoms with Crippen LogP contribution >= 0.6 is 0 Å². The van der Waals surface area contributed by atoms with Crippen LogP contribution in [0.15, 0.2) is 0 Å². The van der Waals surface area contributed by atoms with Gasteiger partial charge in [0, 0.05) is 25.7 Å². The van der Waals surface area contributed by atoms with Gasteiger partial charge in [0.1, 0.15) is 0 Å². The van der Waals surface area contributed by atoms with Gasteiger partial charge in [-0.1, -0.05) is 0 Å². The molecule has 3 heteroatoms. The Labute approximate surface area is 92.8 Å². The van der Waals surface area contributed by atoms with Gasteiger partial charge in [0.25, 0.3) is 0 Å². The largest absolute Gasteiger partial charge is 0.396 e. The molecule has 1 saturated carbocycles. The second kappa shape index (κ2) is 5.83. The third kappa shape index (κ3) is 4.09. The van der Waals surface area contributed by atoms with Crippen LogP contribution in [0.3, 0.4) is 0 Å². The summed E-state index contributed by atoms with van der Waals surface area (Å²) in [6.07, 6.45) is 6.45. The van der Waals surface area contributed by atoms with Gasteiger partial charge >= 0.3 is 0 Å². The predicted molar refractivity (Wildman–Crippen MR) is 61.9 cm³/mol. The minimum Gasteiger partial charge on any atom is -0.396 e. The maximum absolute atomic E-state index is 8.72. The highest BCUT2D eigenvalue weighted by molar-refractivity contribution is 4.83. The first-order chi connectivity index (χ1) is 7.38. The summed E-state index contributed by atoms with van der Waals surface area (Å²) in [4.78, 5) is 2.62. The van der Waals surface area contributed by atoms with E-state index in [1.807, 2.05) is 0 Å². The van der Waals surface area contributed by atoms with Crippen molar-refractivity contribution in [3.63, 3.8) is 0 Å². The summed E-state index contributed by atoms with van der Waals surface area (Å²) in [6.45, 7) is 5.14.